The van der Waals surface area contributed by atoms with Crippen LogP contribution >= 0.6 is 0 Å². The summed E-state index contributed by atoms with van der Waals surface area (Å²) in [4.78, 5) is 2.56. The van der Waals surface area contributed by atoms with Crippen molar-refractivity contribution < 1.29 is 0 Å². The highest BCUT2D eigenvalue weighted by Crippen LogP contribution is 2.23. The quantitative estimate of drug-likeness (QED) is 0.862. The van der Waals surface area contributed by atoms with Crippen molar-refractivity contribution in [1.82, 2.24) is 5.32 Å². The molecule has 0 saturated carbocycles. The van der Waals surface area contributed by atoms with Gasteiger partial charge in [0.15, 0.2) is 0 Å². The lowest BCUT2D eigenvalue weighted by Crippen LogP contribution is -2.41. The molecule has 2 rings (SSSR count). The molecular formula is C16H26N2. The third-order valence-corrected chi connectivity index (χ3v) is 3.94. The molecule has 0 spiro atoms. The van der Waals surface area contributed by atoms with Crippen LogP contribution in [0, 0.1) is 19.8 Å². The summed E-state index contributed by atoms with van der Waals surface area (Å²) in [6.45, 7) is 12.5. The SMILES string of the molecule is Cc1ccc(C)c(N2CCCNC(C(C)C)C2)c1. The molecule has 0 amide bonds. The number of benzene rings is 1. The first-order valence-corrected chi connectivity index (χ1v) is 7.13. The first kappa shape index (κ1) is 13.4. The average Bonchev–Trinajstić information content (AvgIpc) is 2.58. The number of hydrogen-bond acceptors (Lipinski definition) is 2. The standard InChI is InChI=1S/C16H26N2/c1-12(2)15-11-18(9-5-8-17-15)16-10-13(3)6-7-14(16)4/h6-7,10,12,15,17H,5,8-9,11H2,1-4H3. The normalized spacial score (nSPS) is 21.2. The Bertz CT molecular complexity index is 398. The van der Waals surface area contributed by atoms with Gasteiger partial charge in [0.05, 0.1) is 0 Å². The molecule has 1 heterocycles. The van der Waals surface area contributed by atoms with Crippen LogP contribution in [0.1, 0.15) is 31.4 Å². The van der Waals surface area contributed by atoms with E-state index < -0.39 is 0 Å². The van der Waals surface area contributed by atoms with E-state index in [0.717, 1.165) is 13.1 Å². The van der Waals surface area contributed by atoms with E-state index >= 15 is 0 Å². The number of anilines is 1. The highest BCUT2D eigenvalue weighted by molar-refractivity contribution is 5.55. The van der Waals surface area contributed by atoms with E-state index in [9.17, 15) is 0 Å². The van der Waals surface area contributed by atoms with Crippen LogP contribution in [0.15, 0.2) is 18.2 Å². The summed E-state index contributed by atoms with van der Waals surface area (Å²) in [5, 5.41) is 3.67. The zero-order chi connectivity index (χ0) is 13.1. The molecule has 1 unspecified atom stereocenters. The molecule has 0 aromatic heterocycles. The largest absolute Gasteiger partial charge is 0.370 e. The molecular weight excluding hydrogens is 220 g/mol. The predicted octanol–water partition coefficient (Wildman–Crippen LogP) is 3.13. The van der Waals surface area contributed by atoms with Gasteiger partial charge in [0.2, 0.25) is 0 Å². The maximum absolute atomic E-state index is 3.67. The van der Waals surface area contributed by atoms with Crippen molar-refractivity contribution in [3.63, 3.8) is 0 Å². The number of hydrogen-bond donors (Lipinski definition) is 1. The second kappa shape index (κ2) is 5.75. The van der Waals surface area contributed by atoms with Crippen molar-refractivity contribution in [2.75, 3.05) is 24.5 Å². The van der Waals surface area contributed by atoms with Crippen LogP contribution in [0.3, 0.4) is 0 Å². The summed E-state index contributed by atoms with van der Waals surface area (Å²) in [7, 11) is 0. The van der Waals surface area contributed by atoms with Gasteiger partial charge >= 0.3 is 0 Å². The topological polar surface area (TPSA) is 15.3 Å². The maximum atomic E-state index is 3.67. The number of aryl methyl sites for hydroxylation is 2. The molecule has 1 aromatic carbocycles. The van der Waals surface area contributed by atoms with Crippen molar-refractivity contribution in [2.45, 2.75) is 40.2 Å². The van der Waals surface area contributed by atoms with Crippen LogP contribution in [-0.2, 0) is 0 Å². The van der Waals surface area contributed by atoms with E-state index in [4.69, 9.17) is 0 Å². The third-order valence-electron chi connectivity index (χ3n) is 3.94. The van der Waals surface area contributed by atoms with Gasteiger partial charge < -0.3 is 10.2 Å². The van der Waals surface area contributed by atoms with Gasteiger partial charge in [0, 0.05) is 24.8 Å². The number of nitrogens with zero attached hydrogens (tertiary/aromatic N) is 1. The summed E-state index contributed by atoms with van der Waals surface area (Å²) in [6, 6.07) is 7.38. The van der Waals surface area contributed by atoms with Gasteiger partial charge in [0.1, 0.15) is 0 Å². The molecule has 0 aliphatic carbocycles. The fraction of sp³-hybridized carbons (Fsp3) is 0.625. The first-order chi connectivity index (χ1) is 8.58. The Morgan fingerprint density at radius 2 is 2.06 bits per heavy atom. The highest BCUT2D eigenvalue weighted by Gasteiger charge is 2.21. The first-order valence-electron chi connectivity index (χ1n) is 7.13. The number of nitrogens with one attached hydrogen (secondary N) is 1. The minimum atomic E-state index is 0.604. The van der Waals surface area contributed by atoms with Crippen LogP contribution in [0.5, 0.6) is 0 Å². The van der Waals surface area contributed by atoms with Gasteiger partial charge in [-0.05, 0) is 49.9 Å². The van der Waals surface area contributed by atoms with Crippen molar-refractivity contribution >= 4 is 5.69 Å². The molecule has 1 aliphatic heterocycles. The summed E-state index contributed by atoms with van der Waals surface area (Å²) in [5.41, 5.74) is 4.17. The second-order valence-corrected chi connectivity index (χ2v) is 5.89. The van der Waals surface area contributed by atoms with Gasteiger partial charge in [0.25, 0.3) is 0 Å². The van der Waals surface area contributed by atoms with Gasteiger partial charge in [-0.2, -0.15) is 0 Å². The van der Waals surface area contributed by atoms with E-state index in [2.05, 4.69) is 56.1 Å². The van der Waals surface area contributed by atoms with Crippen molar-refractivity contribution in [3.8, 4) is 0 Å². The van der Waals surface area contributed by atoms with Gasteiger partial charge in [-0.25, -0.2) is 0 Å². The Morgan fingerprint density at radius 3 is 2.78 bits per heavy atom. The highest BCUT2D eigenvalue weighted by atomic mass is 15.2. The lowest BCUT2D eigenvalue weighted by Gasteiger charge is -2.30. The minimum Gasteiger partial charge on any atom is -0.370 e. The molecule has 1 saturated heterocycles. The molecule has 1 aliphatic rings. The zero-order valence-electron chi connectivity index (χ0n) is 12.2. The molecule has 1 aromatic rings. The van der Waals surface area contributed by atoms with Gasteiger partial charge in [-0.3, -0.25) is 0 Å². The smallest absolute Gasteiger partial charge is 0.0399 e. The molecule has 1 N–H and O–H groups in total. The van der Waals surface area contributed by atoms with E-state index in [0.29, 0.717) is 12.0 Å². The summed E-state index contributed by atoms with van der Waals surface area (Å²) in [5.74, 6) is 0.690. The molecule has 2 heteroatoms. The molecule has 0 bridgehead atoms. The second-order valence-electron chi connectivity index (χ2n) is 5.89. The fourth-order valence-electron chi connectivity index (χ4n) is 2.68. The molecule has 0 radical (unpaired) electrons. The third kappa shape index (κ3) is 3.05. The fourth-order valence-corrected chi connectivity index (χ4v) is 2.68. The number of rotatable bonds is 2. The van der Waals surface area contributed by atoms with E-state index in [1.807, 2.05) is 0 Å². The summed E-state index contributed by atoms with van der Waals surface area (Å²) >= 11 is 0. The summed E-state index contributed by atoms with van der Waals surface area (Å²) in [6.07, 6.45) is 1.23. The monoisotopic (exact) mass is 246 g/mol. The van der Waals surface area contributed by atoms with Crippen LogP contribution in [-0.4, -0.2) is 25.7 Å². The minimum absolute atomic E-state index is 0.604. The molecule has 18 heavy (non-hydrogen) atoms. The van der Waals surface area contributed by atoms with Crippen molar-refractivity contribution in [3.05, 3.63) is 29.3 Å². The zero-order valence-corrected chi connectivity index (χ0v) is 12.2. The Morgan fingerprint density at radius 1 is 1.28 bits per heavy atom. The lowest BCUT2D eigenvalue weighted by atomic mass is 10.0. The maximum Gasteiger partial charge on any atom is 0.0399 e. The predicted molar refractivity (Wildman–Crippen MR) is 79.4 cm³/mol. The van der Waals surface area contributed by atoms with E-state index in [-0.39, 0.29) is 0 Å². The average molecular weight is 246 g/mol. The van der Waals surface area contributed by atoms with E-state index in [1.165, 1.54) is 29.8 Å². The molecule has 1 atom stereocenters. The van der Waals surface area contributed by atoms with Crippen LogP contribution in [0.2, 0.25) is 0 Å². The van der Waals surface area contributed by atoms with E-state index in [1.54, 1.807) is 0 Å². The van der Waals surface area contributed by atoms with Gasteiger partial charge in [-0.1, -0.05) is 26.0 Å². The Labute approximate surface area is 111 Å². The van der Waals surface area contributed by atoms with Crippen molar-refractivity contribution in [1.29, 1.82) is 0 Å². The van der Waals surface area contributed by atoms with Gasteiger partial charge in [-0.15, -0.1) is 0 Å². The van der Waals surface area contributed by atoms with Crippen LogP contribution in [0.25, 0.3) is 0 Å². The van der Waals surface area contributed by atoms with Crippen LogP contribution < -0.4 is 10.2 Å². The Hall–Kier alpha value is -1.02. The lowest BCUT2D eigenvalue weighted by molar-refractivity contribution is 0.420. The Balaban J connectivity index is 2.22. The van der Waals surface area contributed by atoms with Crippen LogP contribution in [0.4, 0.5) is 5.69 Å². The molecule has 2 nitrogen and oxygen atoms in total. The summed E-state index contributed by atoms with van der Waals surface area (Å²) < 4.78 is 0. The molecule has 1 fully saturated rings. The Kier molecular flexibility index (Phi) is 4.28. The van der Waals surface area contributed by atoms with Crippen molar-refractivity contribution in [2.24, 2.45) is 5.92 Å². The molecule has 100 valence electrons.